The van der Waals surface area contributed by atoms with Gasteiger partial charge in [0.2, 0.25) is 0 Å². The van der Waals surface area contributed by atoms with Crippen LogP contribution in [0.3, 0.4) is 0 Å². The molecule has 1 amide bonds. The summed E-state index contributed by atoms with van der Waals surface area (Å²) in [6.45, 7) is 2.56. The molecule has 2 fully saturated rings. The largest absolute Gasteiger partial charge is 0.493 e. The second kappa shape index (κ2) is 10.8. The molecule has 2 aliphatic rings. The van der Waals surface area contributed by atoms with Crippen LogP contribution >= 0.6 is 11.8 Å². The molecule has 2 saturated heterocycles. The SMILES string of the molecule is COc1cccc(/C=C2\SC(=Nc3ccccc3)N(C[C@@H]3CCCO3)C2=O)c1O[C@H](C)C(=O)O. The molecule has 0 saturated carbocycles. The summed E-state index contributed by atoms with van der Waals surface area (Å²) in [5.74, 6) is -0.640. The Balaban J connectivity index is 1.70. The van der Waals surface area contributed by atoms with Gasteiger partial charge in [-0.25, -0.2) is 9.79 Å². The minimum Gasteiger partial charge on any atom is -0.493 e. The van der Waals surface area contributed by atoms with Crippen molar-refractivity contribution >= 4 is 40.6 Å². The number of carboxylic acid groups (broad SMARTS) is 1. The van der Waals surface area contributed by atoms with Gasteiger partial charge in [0, 0.05) is 12.2 Å². The molecule has 2 aliphatic heterocycles. The van der Waals surface area contributed by atoms with E-state index in [0.717, 1.165) is 18.5 Å². The highest BCUT2D eigenvalue weighted by molar-refractivity contribution is 8.18. The Morgan fingerprint density at radius 2 is 2.09 bits per heavy atom. The van der Waals surface area contributed by atoms with Crippen LogP contribution in [-0.4, -0.2) is 59.5 Å². The predicted octanol–water partition coefficient (Wildman–Crippen LogP) is 4.33. The minimum atomic E-state index is -1.10. The summed E-state index contributed by atoms with van der Waals surface area (Å²) in [7, 11) is 1.48. The number of hydrogen-bond acceptors (Lipinski definition) is 7. The molecule has 2 aromatic carbocycles. The highest BCUT2D eigenvalue weighted by Gasteiger charge is 2.36. The van der Waals surface area contributed by atoms with Gasteiger partial charge in [-0.15, -0.1) is 0 Å². The lowest BCUT2D eigenvalue weighted by Crippen LogP contribution is -2.36. The number of amides is 1. The summed E-state index contributed by atoms with van der Waals surface area (Å²) in [4.78, 5) is 31.6. The molecule has 178 valence electrons. The van der Waals surface area contributed by atoms with Crippen LogP contribution < -0.4 is 9.47 Å². The van der Waals surface area contributed by atoms with E-state index in [9.17, 15) is 14.7 Å². The zero-order chi connectivity index (χ0) is 24.1. The third-order valence-corrected chi connectivity index (χ3v) is 6.44. The molecule has 0 aliphatic carbocycles. The van der Waals surface area contributed by atoms with E-state index in [1.165, 1.54) is 25.8 Å². The lowest BCUT2D eigenvalue weighted by atomic mass is 10.1. The van der Waals surface area contributed by atoms with Crippen molar-refractivity contribution in [3.8, 4) is 11.5 Å². The van der Waals surface area contributed by atoms with Gasteiger partial charge in [-0.05, 0) is 55.8 Å². The number of aliphatic imine (C=N–C) groups is 1. The standard InChI is InChI=1S/C25H26N2O6S/c1-16(24(29)30)33-22-17(8-6-12-20(22)31-2)14-21-23(28)27(15-19-11-7-13-32-19)25(34-21)26-18-9-4-3-5-10-18/h3-6,8-10,12,14,16,19H,7,11,13,15H2,1-2H3,(H,29,30)/b21-14-,26-25?/t16-,19+/m1/s1. The van der Waals surface area contributed by atoms with E-state index < -0.39 is 12.1 Å². The number of para-hydroxylation sites is 2. The number of thioether (sulfide) groups is 1. The molecular formula is C25H26N2O6S. The number of rotatable bonds is 8. The quantitative estimate of drug-likeness (QED) is 0.559. The fourth-order valence-corrected chi connectivity index (χ4v) is 4.66. The summed E-state index contributed by atoms with van der Waals surface area (Å²) in [5.41, 5.74) is 1.29. The van der Waals surface area contributed by atoms with Crippen LogP contribution in [0.2, 0.25) is 0 Å². The molecule has 9 heteroatoms. The van der Waals surface area contributed by atoms with Crippen LogP contribution in [-0.2, 0) is 14.3 Å². The fourth-order valence-electron chi connectivity index (χ4n) is 3.66. The number of nitrogens with zero attached hydrogens (tertiary/aromatic N) is 2. The zero-order valence-electron chi connectivity index (χ0n) is 19.0. The van der Waals surface area contributed by atoms with Gasteiger partial charge in [-0.2, -0.15) is 0 Å². The van der Waals surface area contributed by atoms with E-state index in [2.05, 4.69) is 0 Å². The van der Waals surface area contributed by atoms with E-state index in [1.807, 2.05) is 30.3 Å². The van der Waals surface area contributed by atoms with Gasteiger partial charge in [0.25, 0.3) is 5.91 Å². The first-order valence-corrected chi connectivity index (χ1v) is 11.8. The van der Waals surface area contributed by atoms with Crippen LogP contribution in [0, 0.1) is 0 Å². The maximum atomic E-state index is 13.4. The van der Waals surface area contributed by atoms with Gasteiger partial charge in [-0.1, -0.05) is 30.3 Å². The highest BCUT2D eigenvalue weighted by Crippen LogP contribution is 2.39. The Hall–Kier alpha value is -3.30. The van der Waals surface area contributed by atoms with Gasteiger partial charge in [0.05, 0.1) is 30.4 Å². The molecular weight excluding hydrogens is 456 g/mol. The molecule has 0 aromatic heterocycles. The predicted molar refractivity (Wildman–Crippen MR) is 131 cm³/mol. The Bertz CT molecular complexity index is 1110. The third kappa shape index (κ3) is 5.43. The summed E-state index contributed by atoms with van der Waals surface area (Å²) >= 11 is 1.27. The first kappa shape index (κ1) is 23.8. The van der Waals surface area contributed by atoms with Gasteiger partial charge >= 0.3 is 5.97 Å². The van der Waals surface area contributed by atoms with Crippen molar-refractivity contribution < 1.29 is 28.9 Å². The maximum absolute atomic E-state index is 13.4. The molecule has 2 heterocycles. The summed E-state index contributed by atoms with van der Waals surface area (Å²) in [5, 5.41) is 9.87. The first-order valence-electron chi connectivity index (χ1n) is 11.0. The number of carboxylic acids is 1. The van der Waals surface area contributed by atoms with E-state index in [1.54, 1.807) is 29.2 Å². The summed E-state index contributed by atoms with van der Waals surface area (Å²) in [6, 6.07) is 14.7. The normalized spacial score (nSPS) is 21.3. The van der Waals surface area contributed by atoms with Gasteiger partial charge < -0.3 is 19.3 Å². The Kier molecular flexibility index (Phi) is 7.54. The molecule has 34 heavy (non-hydrogen) atoms. The molecule has 0 radical (unpaired) electrons. The Labute approximate surface area is 202 Å². The number of carbonyl (C=O) groups is 2. The lowest BCUT2D eigenvalue weighted by Gasteiger charge is -2.19. The van der Waals surface area contributed by atoms with Crippen molar-refractivity contribution in [1.82, 2.24) is 4.90 Å². The Morgan fingerprint density at radius 1 is 1.29 bits per heavy atom. The summed E-state index contributed by atoms with van der Waals surface area (Å²) < 4.78 is 16.8. The number of methoxy groups -OCH3 is 1. The first-order chi connectivity index (χ1) is 16.5. The number of amidine groups is 1. The van der Waals surface area contributed by atoms with Crippen LogP contribution in [0.1, 0.15) is 25.3 Å². The van der Waals surface area contributed by atoms with Crippen molar-refractivity contribution in [2.75, 3.05) is 20.3 Å². The highest BCUT2D eigenvalue weighted by atomic mass is 32.2. The molecule has 1 N–H and O–H groups in total. The molecule has 4 rings (SSSR count). The number of aliphatic carboxylic acids is 1. The van der Waals surface area contributed by atoms with Crippen molar-refractivity contribution in [3.05, 3.63) is 59.0 Å². The second-order valence-electron chi connectivity index (χ2n) is 7.87. The monoisotopic (exact) mass is 482 g/mol. The number of ether oxygens (including phenoxy) is 3. The fraction of sp³-hybridized carbons (Fsp3) is 0.320. The average molecular weight is 483 g/mol. The molecule has 2 aromatic rings. The van der Waals surface area contributed by atoms with Crippen molar-refractivity contribution in [2.45, 2.75) is 32.0 Å². The van der Waals surface area contributed by atoms with Crippen molar-refractivity contribution in [1.29, 1.82) is 0 Å². The number of benzene rings is 2. The zero-order valence-corrected chi connectivity index (χ0v) is 19.8. The Morgan fingerprint density at radius 3 is 2.76 bits per heavy atom. The van der Waals surface area contributed by atoms with Crippen LogP contribution in [0.25, 0.3) is 6.08 Å². The van der Waals surface area contributed by atoms with Crippen molar-refractivity contribution in [2.24, 2.45) is 4.99 Å². The van der Waals surface area contributed by atoms with Gasteiger partial charge in [0.15, 0.2) is 22.8 Å². The van der Waals surface area contributed by atoms with Crippen LogP contribution in [0.15, 0.2) is 58.4 Å². The molecule has 0 spiro atoms. The van der Waals surface area contributed by atoms with E-state index in [4.69, 9.17) is 19.2 Å². The smallest absolute Gasteiger partial charge is 0.344 e. The topological polar surface area (TPSA) is 97.7 Å². The maximum Gasteiger partial charge on any atom is 0.344 e. The lowest BCUT2D eigenvalue weighted by molar-refractivity contribution is -0.144. The molecule has 0 unspecified atom stereocenters. The second-order valence-corrected chi connectivity index (χ2v) is 8.88. The minimum absolute atomic E-state index is 0.0306. The van der Waals surface area contributed by atoms with Crippen molar-refractivity contribution in [3.63, 3.8) is 0 Å². The number of hydrogen-bond donors (Lipinski definition) is 1. The van der Waals surface area contributed by atoms with E-state index in [-0.39, 0.29) is 17.8 Å². The molecule has 8 nitrogen and oxygen atoms in total. The molecule has 2 atom stereocenters. The van der Waals surface area contributed by atoms with Crippen LogP contribution in [0.4, 0.5) is 5.69 Å². The van der Waals surface area contributed by atoms with Gasteiger partial charge in [0.1, 0.15) is 0 Å². The molecule has 0 bridgehead atoms. The van der Waals surface area contributed by atoms with Crippen LogP contribution in [0.5, 0.6) is 11.5 Å². The number of carbonyl (C=O) groups excluding carboxylic acids is 1. The third-order valence-electron chi connectivity index (χ3n) is 5.44. The van der Waals surface area contributed by atoms with E-state index >= 15 is 0 Å². The summed E-state index contributed by atoms with van der Waals surface area (Å²) in [6.07, 6.45) is 2.44. The van der Waals surface area contributed by atoms with E-state index in [0.29, 0.717) is 34.5 Å². The average Bonchev–Trinajstić information content (AvgIpc) is 3.45. The van der Waals surface area contributed by atoms with Gasteiger partial charge in [-0.3, -0.25) is 9.69 Å².